The molecule has 0 aromatic carbocycles. The summed E-state index contributed by atoms with van der Waals surface area (Å²) in [6.45, 7) is 2.17. The fourth-order valence-corrected chi connectivity index (χ4v) is 1.89. The minimum atomic E-state index is -0.327. The molecule has 0 spiro atoms. The van der Waals surface area contributed by atoms with E-state index in [0.29, 0.717) is 6.61 Å². The molecule has 0 radical (unpaired) electrons. The third kappa shape index (κ3) is 3.69. The van der Waals surface area contributed by atoms with Crippen LogP contribution in [0.5, 0.6) is 0 Å². The molecule has 0 amide bonds. The SMILES string of the molecule is CCOC(=O)C=Cc1cnc(Br)s1. The lowest BCUT2D eigenvalue weighted by Crippen LogP contribution is -1.98. The Hall–Kier alpha value is -0.680. The van der Waals surface area contributed by atoms with Crippen molar-refractivity contribution in [2.45, 2.75) is 6.92 Å². The lowest BCUT2D eigenvalue weighted by Gasteiger charge is -1.92. The normalized spacial score (nSPS) is 10.6. The van der Waals surface area contributed by atoms with E-state index >= 15 is 0 Å². The van der Waals surface area contributed by atoms with Gasteiger partial charge in [-0.25, -0.2) is 9.78 Å². The summed E-state index contributed by atoms with van der Waals surface area (Å²) in [5.74, 6) is -0.327. The number of hydrogen-bond donors (Lipinski definition) is 0. The van der Waals surface area contributed by atoms with Gasteiger partial charge in [-0.05, 0) is 28.9 Å². The molecule has 5 heteroatoms. The topological polar surface area (TPSA) is 39.2 Å². The number of carbonyl (C=O) groups is 1. The molecule has 0 bridgehead atoms. The number of nitrogens with zero attached hydrogens (tertiary/aromatic N) is 1. The molecule has 1 heterocycles. The molecule has 0 fully saturated rings. The van der Waals surface area contributed by atoms with Gasteiger partial charge in [0.2, 0.25) is 0 Å². The fourth-order valence-electron chi connectivity index (χ4n) is 0.682. The molecule has 3 nitrogen and oxygen atoms in total. The third-order valence-corrected chi connectivity index (χ3v) is 2.61. The quantitative estimate of drug-likeness (QED) is 0.620. The van der Waals surface area contributed by atoms with Crippen LogP contribution in [0.1, 0.15) is 11.8 Å². The Morgan fingerprint density at radius 2 is 2.62 bits per heavy atom. The zero-order chi connectivity index (χ0) is 9.68. The molecule has 0 aliphatic carbocycles. The van der Waals surface area contributed by atoms with Crippen LogP contribution in [0.3, 0.4) is 0 Å². The van der Waals surface area contributed by atoms with E-state index in [-0.39, 0.29) is 5.97 Å². The summed E-state index contributed by atoms with van der Waals surface area (Å²) in [5, 5.41) is 0. The summed E-state index contributed by atoms with van der Waals surface area (Å²) >= 11 is 4.69. The Morgan fingerprint density at radius 1 is 1.85 bits per heavy atom. The van der Waals surface area contributed by atoms with Crippen molar-refractivity contribution in [1.29, 1.82) is 0 Å². The molecule has 0 unspecified atom stereocenters. The van der Waals surface area contributed by atoms with E-state index in [1.807, 2.05) is 0 Å². The smallest absolute Gasteiger partial charge is 0.330 e. The minimum absolute atomic E-state index is 0.327. The largest absolute Gasteiger partial charge is 0.463 e. The Bertz CT molecular complexity index is 322. The maximum Gasteiger partial charge on any atom is 0.330 e. The van der Waals surface area contributed by atoms with Crippen molar-refractivity contribution in [3.05, 3.63) is 21.1 Å². The second-order valence-corrected chi connectivity index (χ2v) is 4.44. The highest BCUT2D eigenvalue weighted by Crippen LogP contribution is 2.19. The number of rotatable bonds is 3. The van der Waals surface area contributed by atoms with E-state index in [1.54, 1.807) is 19.2 Å². The molecule has 0 atom stereocenters. The minimum Gasteiger partial charge on any atom is -0.463 e. The monoisotopic (exact) mass is 261 g/mol. The average molecular weight is 262 g/mol. The Morgan fingerprint density at radius 3 is 3.15 bits per heavy atom. The highest BCUT2D eigenvalue weighted by atomic mass is 79.9. The van der Waals surface area contributed by atoms with Crippen molar-refractivity contribution < 1.29 is 9.53 Å². The maximum atomic E-state index is 10.9. The summed E-state index contributed by atoms with van der Waals surface area (Å²) in [7, 11) is 0. The summed E-state index contributed by atoms with van der Waals surface area (Å²) < 4.78 is 5.52. The Kier molecular flexibility index (Phi) is 4.11. The second-order valence-electron chi connectivity index (χ2n) is 2.10. The molecule has 1 aromatic rings. The first-order chi connectivity index (χ1) is 6.22. The zero-order valence-electron chi connectivity index (χ0n) is 6.99. The van der Waals surface area contributed by atoms with Gasteiger partial charge in [-0.3, -0.25) is 0 Å². The molecule has 13 heavy (non-hydrogen) atoms. The fraction of sp³-hybridized carbons (Fsp3) is 0.250. The number of carbonyl (C=O) groups excluding carboxylic acids is 1. The van der Waals surface area contributed by atoms with Crippen molar-refractivity contribution in [3.63, 3.8) is 0 Å². The van der Waals surface area contributed by atoms with Crippen LogP contribution in [0.15, 0.2) is 16.2 Å². The van der Waals surface area contributed by atoms with E-state index in [0.717, 1.165) is 8.79 Å². The van der Waals surface area contributed by atoms with Gasteiger partial charge >= 0.3 is 5.97 Å². The predicted octanol–water partition coefficient (Wildman–Crippen LogP) is 2.48. The lowest BCUT2D eigenvalue weighted by molar-refractivity contribution is -0.137. The van der Waals surface area contributed by atoms with Gasteiger partial charge in [-0.15, -0.1) is 11.3 Å². The average Bonchev–Trinajstić information content (AvgIpc) is 2.49. The van der Waals surface area contributed by atoms with Crippen molar-refractivity contribution in [2.75, 3.05) is 6.61 Å². The first-order valence-corrected chi connectivity index (χ1v) is 5.29. The first-order valence-electron chi connectivity index (χ1n) is 3.68. The van der Waals surface area contributed by atoms with Gasteiger partial charge in [-0.1, -0.05) is 0 Å². The van der Waals surface area contributed by atoms with Gasteiger partial charge in [0.25, 0.3) is 0 Å². The Balaban J connectivity index is 2.53. The molecule has 1 aromatic heterocycles. The summed E-state index contributed by atoms with van der Waals surface area (Å²) in [5.41, 5.74) is 0. The van der Waals surface area contributed by atoms with Crippen molar-refractivity contribution >= 4 is 39.3 Å². The number of hydrogen-bond acceptors (Lipinski definition) is 4. The Labute approximate surface area is 88.6 Å². The van der Waals surface area contributed by atoms with Gasteiger partial charge < -0.3 is 4.74 Å². The molecule has 1 rings (SSSR count). The van der Waals surface area contributed by atoms with E-state index in [9.17, 15) is 4.79 Å². The van der Waals surface area contributed by atoms with Crippen LogP contribution < -0.4 is 0 Å². The van der Waals surface area contributed by atoms with Crippen LogP contribution in [-0.4, -0.2) is 17.6 Å². The highest BCUT2D eigenvalue weighted by molar-refractivity contribution is 9.11. The molecule has 0 aliphatic heterocycles. The van der Waals surface area contributed by atoms with Gasteiger partial charge in [0.1, 0.15) is 0 Å². The zero-order valence-corrected chi connectivity index (χ0v) is 9.39. The van der Waals surface area contributed by atoms with Crippen LogP contribution in [0.2, 0.25) is 0 Å². The number of thiazole rings is 1. The van der Waals surface area contributed by atoms with E-state index < -0.39 is 0 Å². The van der Waals surface area contributed by atoms with E-state index in [1.165, 1.54) is 17.4 Å². The maximum absolute atomic E-state index is 10.9. The number of ether oxygens (including phenoxy) is 1. The molecule has 0 N–H and O–H groups in total. The van der Waals surface area contributed by atoms with Crippen LogP contribution in [0.25, 0.3) is 6.08 Å². The van der Waals surface area contributed by atoms with Crippen molar-refractivity contribution in [3.8, 4) is 0 Å². The van der Waals surface area contributed by atoms with Gasteiger partial charge in [0.15, 0.2) is 3.92 Å². The van der Waals surface area contributed by atoms with Gasteiger partial charge in [0.05, 0.1) is 6.61 Å². The van der Waals surface area contributed by atoms with Crippen LogP contribution >= 0.6 is 27.3 Å². The van der Waals surface area contributed by atoms with E-state index in [4.69, 9.17) is 4.74 Å². The van der Waals surface area contributed by atoms with Crippen LogP contribution in [-0.2, 0) is 9.53 Å². The predicted molar refractivity (Wildman–Crippen MR) is 55.5 cm³/mol. The first kappa shape index (κ1) is 10.4. The van der Waals surface area contributed by atoms with Gasteiger partial charge in [-0.2, -0.15) is 0 Å². The van der Waals surface area contributed by atoms with Crippen molar-refractivity contribution in [2.24, 2.45) is 0 Å². The standard InChI is InChI=1S/C8H8BrNO2S/c1-2-12-7(11)4-3-6-5-10-8(9)13-6/h3-5H,2H2,1H3. The van der Waals surface area contributed by atoms with Gasteiger partial charge in [0, 0.05) is 17.2 Å². The summed E-state index contributed by atoms with van der Waals surface area (Å²) in [4.78, 5) is 15.8. The number of halogens is 1. The van der Waals surface area contributed by atoms with Crippen molar-refractivity contribution in [1.82, 2.24) is 4.98 Å². The summed E-state index contributed by atoms with van der Waals surface area (Å²) in [6.07, 6.45) is 4.76. The molecular weight excluding hydrogens is 254 g/mol. The molecule has 0 aliphatic rings. The second kappa shape index (κ2) is 5.14. The number of esters is 1. The molecule has 0 saturated carbocycles. The van der Waals surface area contributed by atoms with Crippen LogP contribution in [0.4, 0.5) is 0 Å². The molecule has 70 valence electrons. The van der Waals surface area contributed by atoms with Crippen LogP contribution in [0, 0.1) is 0 Å². The molecular formula is C8H8BrNO2S. The molecule has 0 saturated heterocycles. The number of aromatic nitrogens is 1. The lowest BCUT2D eigenvalue weighted by atomic mass is 10.4. The third-order valence-electron chi connectivity index (χ3n) is 1.17. The highest BCUT2D eigenvalue weighted by Gasteiger charge is 1.96. The summed E-state index contributed by atoms with van der Waals surface area (Å²) in [6, 6.07) is 0. The van der Waals surface area contributed by atoms with E-state index in [2.05, 4.69) is 20.9 Å².